The van der Waals surface area contributed by atoms with E-state index in [0.29, 0.717) is 17.5 Å². The molecule has 1 N–H and O–H groups in total. The highest BCUT2D eigenvalue weighted by atomic mass is 32.1. The van der Waals surface area contributed by atoms with Gasteiger partial charge in [-0.3, -0.25) is 4.79 Å². The Morgan fingerprint density at radius 3 is 2.70 bits per heavy atom. The molecule has 9 heteroatoms. The highest BCUT2D eigenvalue weighted by Crippen LogP contribution is 2.44. The molecular formula is C24H28N6O2S. The first-order chi connectivity index (χ1) is 16.1. The Labute approximate surface area is 197 Å². The maximum atomic E-state index is 13.2. The van der Waals surface area contributed by atoms with E-state index in [0.717, 1.165) is 91.3 Å². The molecule has 0 aromatic carbocycles. The predicted molar refractivity (Wildman–Crippen MR) is 131 cm³/mol. The van der Waals surface area contributed by atoms with E-state index in [1.165, 1.54) is 0 Å². The highest BCUT2D eigenvalue weighted by molar-refractivity contribution is 7.22. The normalized spacial score (nSPS) is 21.1. The minimum atomic E-state index is -0.190. The quantitative estimate of drug-likeness (QED) is 0.613. The molecule has 5 heterocycles. The van der Waals surface area contributed by atoms with Gasteiger partial charge in [0.2, 0.25) is 0 Å². The molecule has 0 bridgehead atoms. The summed E-state index contributed by atoms with van der Waals surface area (Å²) in [5, 5.41) is 4.09. The number of anilines is 3. The third-order valence-electron chi connectivity index (χ3n) is 6.61. The lowest BCUT2D eigenvalue weighted by atomic mass is 10.2. The molecule has 0 radical (unpaired) electrons. The smallest absolute Gasteiger partial charge is 0.274 e. The molecule has 8 nitrogen and oxygen atoms in total. The number of nitrogens with zero attached hydrogens (tertiary/aromatic N) is 5. The molecule has 2 aliphatic heterocycles. The van der Waals surface area contributed by atoms with Gasteiger partial charge in [0.25, 0.3) is 5.91 Å². The molecule has 2 saturated heterocycles. The number of ether oxygens (including phenoxy) is 1. The molecule has 1 aliphatic carbocycles. The topological polar surface area (TPSA) is 83.5 Å². The van der Waals surface area contributed by atoms with Gasteiger partial charge in [0.1, 0.15) is 11.5 Å². The fraction of sp³-hybridized carbons (Fsp3) is 0.500. The highest BCUT2D eigenvalue weighted by Gasteiger charge is 2.30. The molecule has 33 heavy (non-hydrogen) atoms. The molecule has 3 aromatic heterocycles. The maximum Gasteiger partial charge on any atom is 0.274 e. The van der Waals surface area contributed by atoms with Crippen molar-refractivity contribution in [2.75, 3.05) is 54.5 Å². The first-order valence-electron chi connectivity index (χ1n) is 11.8. The largest absolute Gasteiger partial charge is 0.378 e. The number of aromatic nitrogens is 3. The molecule has 3 aromatic rings. The zero-order chi connectivity index (χ0) is 22.4. The predicted octanol–water partition coefficient (Wildman–Crippen LogP) is 3.90. The fourth-order valence-corrected chi connectivity index (χ4v) is 5.58. The molecule has 0 unspecified atom stereocenters. The molecule has 3 aliphatic rings. The van der Waals surface area contributed by atoms with Crippen LogP contribution in [0.15, 0.2) is 24.3 Å². The lowest BCUT2D eigenvalue weighted by Gasteiger charge is -2.25. The van der Waals surface area contributed by atoms with E-state index in [1.807, 2.05) is 18.2 Å². The van der Waals surface area contributed by atoms with Gasteiger partial charge in [-0.1, -0.05) is 24.3 Å². The molecule has 172 valence electrons. The van der Waals surface area contributed by atoms with Crippen LogP contribution >= 0.6 is 11.3 Å². The second kappa shape index (κ2) is 8.53. The summed E-state index contributed by atoms with van der Waals surface area (Å²) in [6, 6.07) is 7.73. The van der Waals surface area contributed by atoms with Crippen LogP contribution in [0.2, 0.25) is 0 Å². The minimum Gasteiger partial charge on any atom is -0.378 e. The Hall–Kier alpha value is -2.78. The zero-order valence-electron chi connectivity index (χ0n) is 18.8. The number of fused-ring (bicyclic) bond motifs is 1. The van der Waals surface area contributed by atoms with E-state index >= 15 is 0 Å². The molecule has 6 rings (SSSR count). The Balaban J connectivity index is 1.27. The van der Waals surface area contributed by atoms with Crippen LogP contribution in [0.25, 0.3) is 10.3 Å². The summed E-state index contributed by atoms with van der Waals surface area (Å²) in [7, 11) is 0. The minimum absolute atomic E-state index is 0.190. The van der Waals surface area contributed by atoms with Gasteiger partial charge in [-0.05, 0) is 43.4 Å². The van der Waals surface area contributed by atoms with Crippen molar-refractivity contribution in [3.8, 4) is 0 Å². The number of nitrogens with one attached hydrogen (secondary N) is 1. The van der Waals surface area contributed by atoms with E-state index in [9.17, 15) is 4.79 Å². The third-order valence-corrected chi connectivity index (χ3v) is 7.66. The molecule has 1 saturated carbocycles. The number of rotatable bonds is 5. The van der Waals surface area contributed by atoms with Crippen molar-refractivity contribution >= 4 is 44.2 Å². The SMILES string of the molecule is C[C@H]1CCN(c2cccc(C(=O)Nc3cc4sc(N5CCOCC5)nc4nc3C3CC3)n2)C1. The molecular weight excluding hydrogens is 436 g/mol. The van der Waals surface area contributed by atoms with Crippen molar-refractivity contribution in [1.82, 2.24) is 15.0 Å². The van der Waals surface area contributed by atoms with E-state index in [4.69, 9.17) is 14.7 Å². The van der Waals surface area contributed by atoms with Crippen LogP contribution in [0, 0.1) is 5.92 Å². The second-order valence-electron chi connectivity index (χ2n) is 9.29. The van der Waals surface area contributed by atoms with Crippen LogP contribution in [0.4, 0.5) is 16.6 Å². The molecule has 1 amide bonds. The summed E-state index contributed by atoms with van der Waals surface area (Å²) in [6.45, 7) is 7.36. The summed E-state index contributed by atoms with van der Waals surface area (Å²) >= 11 is 1.62. The van der Waals surface area contributed by atoms with Crippen molar-refractivity contribution in [2.24, 2.45) is 5.92 Å². The van der Waals surface area contributed by atoms with Crippen molar-refractivity contribution in [3.05, 3.63) is 35.7 Å². The number of carbonyl (C=O) groups is 1. The van der Waals surface area contributed by atoms with E-state index in [1.54, 1.807) is 17.4 Å². The van der Waals surface area contributed by atoms with Crippen LogP contribution in [0.5, 0.6) is 0 Å². The van der Waals surface area contributed by atoms with Crippen LogP contribution in [0.1, 0.15) is 48.3 Å². The number of hydrogen-bond donors (Lipinski definition) is 1. The monoisotopic (exact) mass is 464 g/mol. The summed E-state index contributed by atoms with van der Waals surface area (Å²) in [6.07, 6.45) is 3.36. The van der Waals surface area contributed by atoms with E-state index in [-0.39, 0.29) is 5.91 Å². The summed E-state index contributed by atoms with van der Waals surface area (Å²) in [5.41, 5.74) is 2.94. The summed E-state index contributed by atoms with van der Waals surface area (Å²) < 4.78 is 6.46. The van der Waals surface area contributed by atoms with Gasteiger partial charge in [-0.25, -0.2) is 9.97 Å². The first kappa shape index (κ1) is 20.8. The molecule has 3 fully saturated rings. The number of hydrogen-bond acceptors (Lipinski definition) is 8. The number of amides is 1. The van der Waals surface area contributed by atoms with Gasteiger partial charge in [0.15, 0.2) is 10.8 Å². The van der Waals surface area contributed by atoms with Gasteiger partial charge in [0, 0.05) is 32.1 Å². The number of pyridine rings is 2. The van der Waals surface area contributed by atoms with Gasteiger partial charge in [-0.15, -0.1) is 0 Å². The Morgan fingerprint density at radius 2 is 1.94 bits per heavy atom. The molecule has 1 atom stereocenters. The van der Waals surface area contributed by atoms with Crippen LogP contribution in [0.3, 0.4) is 0 Å². The number of morpholine rings is 1. The first-order valence-corrected chi connectivity index (χ1v) is 12.6. The van der Waals surface area contributed by atoms with Crippen LogP contribution in [-0.2, 0) is 4.74 Å². The molecule has 0 spiro atoms. The van der Waals surface area contributed by atoms with E-state index < -0.39 is 0 Å². The van der Waals surface area contributed by atoms with Crippen molar-refractivity contribution in [1.29, 1.82) is 0 Å². The van der Waals surface area contributed by atoms with Crippen molar-refractivity contribution in [3.63, 3.8) is 0 Å². The zero-order valence-corrected chi connectivity index (χ0v) is 19.6. The Kier molecular flexibility index (Phi) is 5.38. The fourth-order valence-electron chi connectivity index (χ4n) is 4.58. The number of thiazole rings is 1. The lowest BCUT2D eigenvalue weighted by Crippen LogP contribution is -2.36. The van der Waals surface area contributed by atoms with Gasteiger partial charge in [0.05, 0.1) is 29.3 Å². The van der Waals surface area contributed by atoms with Crippen LogP contribution < -0.4 is 15.1 Å². The van der Waals surface area contributed by atoms with Crippen molar-refractivity contribution in [2.45, 2.75) is 32.1 Å². The summed E-state index contributed by atoms with van der Waals surface area (Å²) in [4.78, 5) is 32.0. The Bertz CT molecular complexity index is 1190. The lowest BCUT2D eigenvalue weighted by molar-refractivity contribution is 0.102. The van der Waals surface area contributed by atoms with Crippen molar-refractivity contribution < 1.29 is 9.53 Å². The van der Waals surface area contributed by atoms with Gasteiger partial charge in [-0.2, -0.15) is 4.98 Å². The maximum absolute atomic E-state index is 13.2. The average molecular weight is 465 g/mol. The third kappa shape index (κ3) is 4.27. The summed E-state index contributed by atoms with van der Waals surface area (Å²) in [5.74, 6) is 1.74. The standard InChI is InChI=1S/C24H28N6O2S/c1-15-7-8-30(14-15)20-4-2-3-17(25-20)23(31)26-18-13-19-22(27-21(18)16-5-6-16)28-24(33-19)29-9-11-32-12-10-29/h2-4,13,15-16H,5-12,14H2,1H3,(H,26,31)/t15-/m0/s1. The second-order valence-corrected chi connectivity index (χ2v) is 10.3. The number of carbonyl (C=O) groups excluding carboxylic acids is 1. The van der Waals surface area contributed by atoms with Gasteiger partial charge < -0.3 is 19.9 Å². The van der Waals surface area contributed by atoms with E-state index in [2.05, 4.69) is 27.0 Å². The average Bonchev–Trinajstić information content (AvgIpc) is 3.46. The Morgan fingerprint density at radius 1 is 1.09 bits per heavy atom. The van der Waals surface area contributed by atoms with Crippen LogP contribution in [-0.4, -0.2) is 60.3 Å². The van der Waals surface area contributed by atoms with Gasteiger partial charge >= 0.3 is 0 Å².